The van der Waals surface area contributed by atoms with Crippen molar-refractivity contribution in [1.29, 1.82) is 0 Å². The van der Waals surface area contributed by atoms with Crippen molar-refractivity contribution in [2.45, 2.75) is 24.8 Å². The summed E-state index contributed by atoms with van der Waals surface area (Å²) in [6, 6.07) is 6.87. The Hall–Kier alpha value is -1.11. The number of ether oxygens (including phenoxy) is 1. The van der Waals surface area contributed by atoms with E-state index >= 15 is 0 Å². The van der Waals surface area contributed by atoms with Crippen LogP contribution in [0.15, 0.2) is 29.2 Å². The molecule has 0 fully saturated rings. The molecule has 0 unspecified atom stereocenters. The monoisotopic (exact) mass is 286 g/mol. The van der Waals surface area contributed by atoms with Crippen LogP contribution in [0, 0.1) is 0 Å². The zero-order valence-corrected chi connectivity index (χ0v) is 12.7. The Morgan fingerprint density at radius 1 is 1.26 bits per heavy atom. The maximum Gasteiger partial charge on any atom is 0.244 e. The van der Waals surface area contributed by atoms with Gasteiger partial charge in [-0.15, -0.1) is 0 Å². The van der Waals surface area contributed by atoms with Crippen LogP contribution < -0.4 is 5.32 Å². The molecular weight excluding hydrogens is 264 g/mol. The van der Waals surface area contributed by atoms with Crippen molar-refractivity contribution in [1.82, 2.24) is 4.31 Å². The number of anilines is 1. The number of hydrogen-bond donors (Lipinski definition) is 1. The number of benzene rings is 1. The van der Waals surface area contributed by atoms with Crippen LogP contribution >= 0.6 is 0 Å². The normalized spacial score (nSPS) is 12.1. The van der Waals surface area contributed by atoms with Gasteiger partial charge in [0.15, 0.2) is 0 Å². The molecule has 108 valence electrons. The lowest BCUT2D eigenvalue weighted by Gasteiger charge is -2.16. The van der Waals surface area contributed by atoms with Crippen molar-refractivity contribution in [3.8, 4) is 0 Å². The van der Waals surface area contributed by atoms with Crippen LogP contribution in [0.1, 0.15) is 13.8 Å². The highest BCUT2D eigenvalue weighted by Crippen LogP contribution is 2.22. The van der Waals surface area contributed by atoms with E-state index in [-0.39, 0.29) is 11.0 Å². The first-order valence-electron chi connectivity index (χ1n) is 6.22. The highest BCUT2D eigenvalue weighted by molar-refractivity contribution is 7.89. The number of sulfonamides is 1. The third-order valence-electron chi connectivity index (χ3n) is 2.51. The van der Waals surface area contributed by atoms with Gasteiger partial charge >= 0.3 is 0 Å². The van der Waals surface area contributed by atoms with Gasteiger partial charge in [-0.3, -0.25) is 0 Å². The lowest BCUT2D eigenvalue weighted by molar-refractivity contribution is 0.0870. The number of para-hydroxylation sites is 1. The molecule has 1 aromatic rings. The minimum Gasteiger partial charge on any atom is -0.382 e. The molecule has 0 saturated carbocycles. The molecule has 5 nitrogen and oxygen atoms in total. The molecule has 1 rings (SSSR count). The van der Waals surface area contributed by atoms with Crippen molar-refractivity contribution < 1.29 is 13.2 Å². The maximum atomic E-state index is 12.1. The van der Waals surface area contributed by atoms with Gasteiger partial charge in [-0.1, -0.05) is 12.1 Å². The van der Waals surface area contributed by atoms with Crippen LogP contribution in [-0.4, -0.2) is 46.1 Å². The molecule has 0 saturated heterocycles. The van der Waals surface area contributed by atoms with Crippen LogP contribution in [0.5, 0.6) is 0 Å². The molecule has 0 atom stereocenters. The van der Waals surface area contributed by atoms with Gasteiger partial charge in [0.25, 0.3) is 0 Å². The molecule has 19 heavy (non-hydrogen) atoms. The van der Waals surface area contributed by atoms with Crippen molar-refractivity contribution in [2.75, 3.05) is 32.6 Å². The lowest BCUT2D eigenvalue weighted by atomic mass is 10.3. The molecule has 6 heteroatoms. The first kappa shape index (κ1) is 15.9. The van der Waals surface area contributed by atoms with E-state index in [1.165, 1.54) is 18.4 Å². The van der Waals surface area contributed by atoms with Crippen LogP contribution in [0.4, 0.5) is 5.69 Å². The summed E-state index contributed by atoms with van der Waals surface area (Å²) in [5, 5.41) is 3.10. The van der Waals surface area contributed by atoms with Crippen molar-refractivity contribution in [3.05, 3.63) is 24.3 Å². The van der Waals surface area contributed by atoms with Gasteiger partial charge in [0, 0.05) is 20.6 Å². The van der Waals surface area contributed by atoms with Gasteiger partial charge < -0.3 is 10.1 Å². The molecule has 0 aliphatic carbocycles. The fourth-order valence-corrected chi connectivity index (χ4v) is 2.58. The fourth-order valence-electron chi connectivity index (χ4n) is 1.51. The molecule has 0 heterocycles. The second kappa shape index (κ2) is 6.88. The predicted octanol–water partition coefficient (Wildman–Crippen LogP) is 1.77. The first-order chi connectivity index (χ1) is 8.85. The third kappa shape index (κ3) is 4.49. The molecule has 0 aliphatic heterocycles. The minimum atomic E-state index is -3.43. The summed E-state index contributed by atoms with van der Waals surface area (Å²) in [6.45, 7) is 5.03. The van der Waals surface area contributed by atoms with Crippen molar-refractivity contribution >= 4 is 15.7 Å². The Morgan fingerprint density at radius 2 is 1.89 bits per heavy atom. The largest absolute Gasteiger partial charge is 0.382 e. The minimum absolute atomic E-state index is 0.169. The van der Waals surface area contributed by atoms with Crippen LogP contribution in [0.25, 0.3) is 0 Å². The standard InChI is InChI=1S/C13H22N2O3S/c1-11(2)18-10-9-14-12-7-5-6-8-13(12)19(16,17)15(3)4/h5-8,11,14H,9-10H2,1-4H3. The highest BCUT2D eigenvalue weighted by atomic mass is 32.2. The van der Waals surface area contributed by atoms with E-state index in [2.05, 4.69) is 5.32 Å². The quantitative estimate of drug-likeness (QED) is 0.776. The van der Waals surface area contributed by atoms with Gasteiger partial charge in [-0.05, 0) is 26.0 Å². The van der Waals surface area contributed by atoms with E-state index in [0.717, 1.165) is 0 Å². The second-order valence-electron chi connectivity index (χ2n) is 4.63. The topological polar surface area (TPSA) is 58.6 Å². The Bertz CT molecular complexity index is 498. The zero-order chi connectivity index (χ0) is 14.5. The molecule has 0 bridgehead atoms. The molecule has 1 aromatic carbocycles. The molecule has 0 aliphatic rings. The Labute approximate surface area is 115 Å². The van der Waals surface area contributed by atoms with Crippen LogP contribution in [-0.2, 0) is 14.8 Å². The zero-order valence-electron chi connectivity index (χ0n) is 11.9. The maximum absolute atomic E-state index is 12.1. The Balaban J connectivity index is 2.80. The van der Waals surface area contributed by atoms with Gasteiger partial charge in [-0.25, -0.2) is 12.7 Å². The summed E-state index contributed by atoms with van der Waals surface area (Å²) in [5.74, 6) is 0. The molecule has 1 N–H and O–H groups in total. The van der Waals surface area contributed by atoms with Gasteiger partial charge in [0.1, 0.15) is 4.90 Å². The van der Waals surface area contributed by atoms with Gasteiger partial charge in [-0.2, -0.15) is 0 Å². The van der Waals surface area contributed by atoms with Crippen LogP contribution in [0.2, 0.25) is 0 Å². The summed E-state index contributed by atoms with van der Waals surface area (Å²) >= 11 is 0. The molecule has 0 spiro atoms. The summed E-state index contributed by atoms with van der Waals surface area (Å²) < 4.78 is 30.9. The van der Waals surface area contributed by atoms with Gasteiger partial charge in [0.2, 0.25) is 10.0 Å². The van der Waals surface area contributed by atoms with E-state index in [4.69, 9.17) is 4.74 Å². The number of hydrogen-bond acceptors (Lipinski definition) is 4. The van der Waals surface area contributed by atoms with E-state index in [9.17, 15) is 8.42 Å². The van der Waals surface area contributed by atoms with E-state index in [0.29, 0.717) is 18.8 Å². The van der Waals surface area contributed by atoms with Crippen molar-refractivity contribution in [3.63, 3.8) is 0 Å². The summed E-state index contributed by atoms with van der Waals surface area (Å²) in [7, 11) is -0.387. The average molecular weight is 286 g/mol. The third-order valence-corrected chi connectivity index (χ3v) is 4.39. The fraction of sp³-hybridized carbons (Fsp3) is 0.538. The van der Waals surface area contributed by atoms with Crippen molar-refractivity contribution in [2.24, 2.45) is 0 Å². The summed E-state index contributed by atoms with van der Waals surface area (Å²) in [5.41, 5.74) is 0.601. The molecular formula is C13H22N2O3S. The van der Waals surface area contributed by atoms with E-state index in [1.807, 2.05) is 13.8 Å². The molecule has 0 aromatic heterocycles. The summed E-state index contributed by atoms with van der Waals surface area (Å²) in [6.07, 6.45) is 0.169. The smallest absolute Gasteiger partial charge is 0.244 e. The molecule has 0 amide bonds. The first-order valence-corrected chi connectivity index (χ1v) is 7.66. The lowest BCUT2D eigenvalue weighted by Crippen LogP contribution is -2.24. The number of nitrogens with zero attached hydrogens (tertiary/aromatic N) is 1. The predicted molar refractivity (Wildman–Crippen MR) is 76.9 cm³/mol. The molecule has 0 radical (unpaired) electrons. The number of rotatable bonds is 7. The highest BCUT2D eigenvalue weighted by Gasteiger charge is 2.20. The second-order valence-corrected chi connectivity index (χ2v) is 6.75. The van der Waals surface area contributed by atoms with Gasteiger partial charge in [0.05, 0.1) is 18.4 Å². The average Bonchev–Trinajstić information content (AvgIpc) is 2.34. The number of nitrogens with one attached hydrogen (secondary N) is 1. The van der Waals surface area contributed by atoms with E-state index < -0.39 is 10.0 Å². The Morgan fingerprint density at radius 3 is 2.47 bits per heavy atom. The SMILES string of the molecule is CC(C)OCCNc1ccccc1S(=O)(=O)N(C)C. The van der Waals surface area contributed by atoms with E-state index in [1.54, 1.807) is 24.3 Å². The Kier molecular flexibility index (Phi) is 5.78. The summed E-state index contributed by atoms with van der Waals surface area (Å²) in [4.78, 5) is 0.282. The van der Waals surface area contributed by atoms with Crippen LogP contribution in [0.3, 0.4) is 0 Å².